The lowest BCUT2D eigenvalue weighted by Crippen LogP contribution is -2.30. The van der Waals surface area contributed by atoms with Gasteiger partial charge in [0.2, 0.25) is 0 Å². The molecule has 0 amide bonds. The predicted molar refractivity (Wildman–Crippen MR) is 117 cm³/mol. The Morgan fingerprint density at radius 2 is 1.74 bits per heavy atom. The quantitative estimate of drug-likeness (QED) is 0.388. The number of aliphatic hydroxyl groups is 2. The molecule has 0 saturated carbocycles. The molecule has 1 aliphatic heterocycles. The number of halogens is 1. The summed E-state index contributed by atoms with van der Waals surface area (Å²) in [7, 11) is -3.61. The molecule has 0 saturated heterocycles. The van der Waals surface area contributed by atoms with Crippen molar-refractivity contribution in [2.24, 2.45) is 5.92 Å². The summed E-state index contributed by atoms with van der Waals surface area (Å²) < 4.78 is 30.6. The van der Waals surface area contributed by atoms with Crippen LogP contribution in [0.15, 0.2) is 46.9 Å². The first-order valence-corrected chi connectivity index (χ1v) is 12.2. The van der Waals surface area contributed by atoms with Crippen LogP contribution in [0.1, 0.15) is 6.42 Å². The molecule has 166 valence electrons. The molecular formula is C21H22BrO8P. The van der Waals surface area contributed by atoms with Crippen molar-refractivity contribution in [2.45, 2.75) is 6.42 Å². The topological polar surface area (TPSA) is 119 Å². The average Bonchev–Trinajstić information content (AvgIpc) is 2.76. The van der Waals surface area contributed by atoms with Gasteiger partial charge in [0, 0.05) is 10.0 Å². The van der Waals surface area contributed by atoms with E-state index >= 15 is 0 Å². The lowest BCUT2D eigenvalue weighted by molar-refractivity contribution is -0.155. The molecule has 2 unspecified atom stereocenters. The number of aliphatic hydroxyl groups excluding tert-OH is 2. The monoisotopic (exact) mass is 512 g/mol. The van der Waals surface area contributed by atoms with E-state index in [4.69, 9.17) is 24.2 Å². The largest absolute Gasteiger partial charge is 0.463 e. The third-order valence-corrected chi connectivity index (χ3v) is 7.68. The van der Waals surface area contributed by atoms with Crippen molar-refractivity contribution in [3.63, 3.8) is 0 Å². The first-order chi connectivity index (χ1) is 14.9. The summed E-state index contributed by atoms with van der Waals surface area (Å²) in [5.74, 6) is -2.22. The van der Waals surface area contributed by atoms with E-state index in [1.165, 1.54) is 0 Å². The predicted octanol–water partition coefficient (Wildman–Crippen LogP) is 2.49. The van der Waals surface area contributed by atoms with Crippen LogP contribution in [0.4, 0.5) is 0 Å². The Bertz CT molecular complexity index is 1010. The van der Waals surface area contributed by atoms with Crippen LogP contribution in [0.25, 0.3) is 11.1 Å². The smallest absolute Gasteiger partial charge is 0.310 e. The van der Waals surface area contributed by atoms with E-state index in [-0.39, 0.29) is 32.6 Å². The molecule has 0 fully saturated rings. The van der Waals surface area contributed by atoms with Gasteiger partial charge in [-0.15, -0.1) is 0 Å². The number of benzene rings is 2. The van der Waals surface area contributed by atoms with Crippen LogP contribution in [0, 0.1) is 5.92 Å². The first kappa shape index (κ1) is 23.5. The minimum Gasteiger partial charge on any atom is -0.463 e. The van der Waals surface area contributed by atoms with Crippen LogP contribution < -0.4 is 9.83 Å². The van der Waals surface area contributed by atoms with Gasteiger partial charge in [0.05, 0.1) is 37.0 Å². The maximum absolute atomic E-state index is 14.0. The third-order valence-electron chi connectivity index (χ3n) is 4.65. The van der Waals surface area contributed by atoms with Gasteiger partial charge in [0.15, 0.2) is 0 Å². The summed E-state index contributed by atoms with van der Waals surface area (Å²) in [6, 6.07) is 12.4. The van der Waals surface area contributed by atoms with E-state index in [1.54, 1.807) is 24.3 Å². The summed E-state index contributed by atoms with van der Waals surface area (Å²) >= 11 is 3.43. The first-order valence-electron chi connectivity index (χ1n) is 9.60. The zero-order valence-corrected chi connectivity index (χ0v) is 19.0. The van der Waals surface area contributed by atoms with Crippen LogP contribution in [0.5, 0.6) is 5.75 Å². The van der Waals surface area contributed by atoms with E-state index in [2.05, 4.69) is 15.9 Å². The molecular weight excluding hydrogens is 491 g/mol. The van der Waals surface area contributed by atoms with Crippen molar-refractivity contribution in [3.8, 4) is 16.9 Å². The highest BCUT2D eigenvalue weighted by Crippen LogP contribution is 2.56. The molecule has 2 aromatic carbocycles. The van der Waals surface area contributed by atoms with Crippen molar-refractivity contribution in [3.05, 3.63) is 46.9 Å². The van der Waals surface area contributed by atoms with Gasteiger partial charge in [-0.2, -0.15) is 0 Å². The fourth-order valence-corrected chi connectivity index (χ4v) is 6.27. The minimum atomic E-state index is -3.61. The fraction of sp³-hybridized carbons (Fsp3) is 0.333. The Morgan fingerprint density at radius 1 is 1.03 bits per heavy atom. The number of fused-ring (bicyclic) bond motifs is 3. The second-order valence-corrected chi connectivity index (χ2v) is 10.1. The summed E-state index contributed by atoms with van der Waals surface area (Å²) in [4.78, 5) is 24.6. The summed E-state index contributed by atoms with van der Waals surface area (Å²) in [6.45, 7) is -1.20. The summed E-state index contributed by atoms with van der Waals surface area (Å²) in [5.41, 5.74) is 1.48. The highest BCUT2D eigenvalue weighted by Gasteiger charge is 2.41. The van der Waals surface area contributed by atoms with Crippen LogP contribution in [-0.4, -0.2) is 54.7 Å². The normalized spacial score (nSPS) is 17.6. The van der Waals surface area contributed by atoms with Gasteiger partial charge in [-0.25, -0.2) is 0 Å². The van der Waals surface area contributed by atoms with Gasteiger partial charge in [-0.3, -0.25) is 14.2 Å². The Hall–Kier alpha value is -2.19. The standard InChI is InChI=1S/C21H22BrO8P/c22-15-5-6-18-17(12-15)16-3-1-2-4-19(16)31(27,30-18)13-14(21(26)29-10-8-24)11-20(25)28-9-7-23/h1-6,12,14,23-24H,7-11,13H2. The zero-order chi connectivity index (χ0) is 22.4. The van der Waals surface area contributed by atoms with E-state index in [0.29, 0.717) is 11.1 Å². The Balaban J connectivity index is 1.94. The molecule has 0 aliphatic carbocycles. The number of esters is 2. The Kier molecular flexibility index (Phi) is 7.89. The Labute approximate surface area is 187 Å². The lowest BCUT2D eigenvalue weighted by atomic mass is 10.0. The molecule has 0 aromatic heterocycles. The zero-order valence-electron chi connectivity index (χ0n) is 16.5. The van der Waals surface area contributed by atoms with Gasteiger partial charge in [0.1, 0.15) is 19.0 Å². The molecule has 0 radical (unpaired) electrons. The third kappa shape index (κ3) is 5.54. The highest BCUT2D eigenvalue weighted by molar-refractivity contribution is 9.10. The number of hydrogen-bond acceptors (Lipinski definition) is 8. The van der Waals surface area contributed by atoms with Gasteiger partial charge in [-0.1, -0.05) is 34.1 Å². The van der Waals surface area contributed by atoms with Crippen LogP contribution in [0.2, 0.25) is 0 Å². The molecule has 1 heterocycles. The maximum atomic E-state index is 14.0. The van der Waals surface area contributed by atoms with Crippen LogP contribution >= 0.6 is 23.3 Å². The number of carbonyl (C=O) groups excluding carboxylic acids is 2. The van der Waals surface area contributed by atoms with Crippen molar-refractivity contribution < 1.29 is 38.4 Å². The molecule has 1 aliphatic rings. The molecule has 0 bridgehead atoms. The molecule has 2 aromatic rings. The van der Waals surface area contributed by atoms with Crippen molar-refractivity contribution in [1.29, 1.82) is 0 Å². The molecule has 8 nitrogen and oxygen atoms in total. The summed E-state index contributed by atoms with van der Waals surface area (Å²) in [5, 5.41) is 18.2. The average molecular weight is 513 g/mol. The van der Waals surface area contributed by atoms with Crippen molar-refractivity contribution >= 4 is 40.5 Å². The molecule has 10 heteroatoms. The molecule has 2 N–H and O–H groups in total. The highest BCUT2D eigenvalue weighted by atomic mass is 79.9. The molecule has 3 rings (SSSR count). The van der Waals surface area contributed by atoms with E-state index < -0.39 is 31.6 Å². The van der Waals surface area contributed by atoms with Crippen LogP contribution in [0.3, 0.4) is 0 Å². The van der Waals surface area contributed by atoms with Gasteiger partial charge in [-0.05, 0) is 29.8 Å². The molecule has 2 atom stereocenters. The second-order valence-electron chi connectivity index (χ2n) is 6.84. The number of carbonyl (C=O) groups is 2. The van der Waals surface area contributed by atoms with E-state index in [9.17, 15) is 14.2 Å². The van der Waals surface area contributed by atoms with Gasteiger partial charge >= 0.3 is 11.9 Å². The fourth-order valence-electron chi connectivity index (χ4n) is 3.33. The SMILES string of the molecule is O=C(CC(CP1(=O)Oc2ccc(Br)cc2-c2ccccc21)C(=O)OCCO)OCCO. The maximum Gasteiger partial charge on any atom is 0.310 e. The van der Waals surface area contributed by atoms with E-state index in [1.807, 2.05) is 18.2 Å². The van der Waals surface area contributed by atoms with Crippen molar-refractivity contribution in [2.75, 3.05) is 32.6 Å². The minimum absolute atomic E-state index is 0.212. The van der Waals surface area contributed by atoms with Crippen LogP contribution in [-0.2, 0) is 23.6 Å². The summed E-state index contributed by atoms with van der Waals surface area (Å²) in [6.07, 6.45) is -0.676. The Morgan fingerprint density at radius 3 is 2.48 bits per heavy atom. The number of hydrogen-bond donors (Lipinski definition) is 2. The lowest BCUT2D eigenvalue weighted by Gasteiger charge is -2.30. The van der Waals surface area contributed by atoms with Crippen molar-refractivity contribution in [1.82, 2.24) is 0 Å². The number of ether oxygens (including phenoxy) is 2. The second kappa shape index (κ2) is 10.4. The molecule has 31 heavy (non-hydrogen) atoms. The van der Waals surface area contributed by atoms with E-state index in [0.717, 1.165) is 15.6 Å². The van der Waals surface area contributed by atoms with Gasteiger partial charge < -0.3 is 24.2 Å². The number of rotatable bonds is 9. The van der Waals surface area contributed by atoms with Gasteiger partial charge in [0.25, 0.3) is 7.37 Å². The molecule has 0 spiro atoms.